The van der Waals surface area contributed by atoms with Gasteiger partial charge in [-0.2, -0.15) is 4.31 Å². The van der Waals surface area contributed by atoms with Gasteiger partial charge in [-0.3, -0.25) is 0 Å². The molecule has 2 N–H and O–H groups in total. The first kappa shape index (κ1) is 14.9. The van der Waals surface area contributed by atoms with E-state index in [4.69, 9.17) is 5.73 Å². The third-order valence-electron chi connectivity index (χ3n) is 5.16. The number of fused-ring (bicyclic) bond motifs is 1. The maximum atomic E-state index is 13.1. The normalized spacial score (nSPS) is 26.8. The Morgan fingerprint density at radius 3 is 2.52 bits per heavy atom. The number of rotatable bonds is 2. The number of sulfonamides is 1. The van der Waals surface area contributed by atoms with Crippen molar-refractivity contribution in [2.75, 3.05) is 12.3 Å². The lowest BCUT2D eigenvalue weighted by atomic mass is 9.94. The van der Waals surface area contributed by atoms with Crippen LogP contribution in [0.15, 0.2) is 17.0 Å². The molecule has 2 atom stereocenters. The third kappa shape index (κ3) is 2.46. The second-order valence-electron chi connectivity index (χ2n) is 6.49. The van der Waals surface area contributed by atoms with Crippen LogP contribution in [0.3, 0.4) is 0 Å². The van der Waals surface area contributed by atoms with Gasteiger partial charge >= 0.3 is 0 Å². The van der Waals surface area contributed by atoms with Crippen molar-refractivity contribution in [2.24, 2.45) is 5.92 Å². The molecule has 2 aliphatic rings. The summed E-state index contributed by atoms with van der Waals surface area (Å²) in [5.74, 6) is 0.543. The second-order valence-corrected chi connectivity index (χ2v) is 8.35. The molecule has 0 bridgehead atoms. The SMILES string of the molecule is Cc1cc(N)c(S(=O)(=O)N2CCCC3CCCC32)cc1C. The predicted octanol–water partition coefficient (Wildman–Crippen LogP) is 2.84. The molecule has 1 aromatic carbocycles. The quantitative estimate of drug-likeness (QED) is 0.855. The Bertz CT molecular complexity index is 654. The molecule has 1 heterocycles. The van der Waals surface area contributed by atoms with Gasteiger partial charge < -0.3 is 5.73 Å². The second kappa shape index (κ2) is 5.29. The van der Waals surface area contributed by atoms with Crippen molar-refractivity contribution in [1.29, 1.82) is 0 Å². The van der Waals surface area contributed by atoms with Gasteiger partial charge in [0, 0.05) is 12.6 Å². The van der Waals surface area contributed by atoms with Crippen molar-refractivity contribution < 1.29 is 8.42 Å². The summed E-state index contributed by atoms with van der Waals surface area (Å²) in [5.41, 5.74) is 8.39. The molecule has 5 heteroatoms. The minimum atomic E-state index is -3.48. The monoisotopic (exact) mass is 308 g/mol. The van der Waals surface area contributed by atoms with E-state index in [0.29, 0.717) is 18.2 Å². The zero-order valence-electron chi connectivity index (χ0n) is 12.8. The van der Waals surface area contributed by atoms with Crippen LogP contribution >= 0.6 is 0 Å². The summed E-state index contributed by atoms with van der Waals surface area (Å²) in [5, 5.41) is 0. The molecule has 116 valence electrons. The van der Waals surface area contributed by atoms with Crippen molar-refractivity contribution >= 4 is 15.7 Å². The number of nitrogens with two attached hydrogens (primary N) is 1. The lowest BCUT2D eigenvalue weighted by Crippen LogP contribution is -2.46. The summed E-state index contributed by atoms with van der Waals surface area (Å²) in [7, 11) is -3.48. The number of hydrogen-bond donors (Lipinski definition) is 1. The molecule has 0 radical (unpaired) electrons. The Kier molecular flexibility index (Phi) is 3.74. The van der Waals surface area contributed by atoms with Gasteiger partial charge in [-0.05, 0) is 68.7 Å². The van der Waals surface area contributed by atoms with Gasteiger partial charge in [0.1, 0.15) is 4.90 Å². The molecule has 1 saturated carbocycles. The highest BCUT2D eigenvalue weighted by atomic mass is 32.2. The Labute approximate surface area is 127 Å². The molecule has 2 unspecified atom stereocenters. The van der Waals surface area contributed by atoms with Crippen molar-refractivity contribution in [3.05, 3.63) is 23.3 Å². The van der Waals surface area contributed by atoms with E-state index in [0.717, 1.165) is 30.4 Å². The van der Waals surface area contributed by atoms with Crippen LogP contribution in [0.1, 0.15) is 43.2 Å². The van der Waals surface area contributed by atoms with Gasteiger partial charge in [0.2, 0.25) is 10.0 Å². The van der Waals surface area contributed by atoms with Crippen molar-refractivity contribution in [1.82, 2.24) is 4.31 Å². The van der Waals surface area contributed by atoms with Crippen LogP contribution in [0.25, 0.3) is 0 Å². The topological polar surface area (TPSA) is 63.4 Å². The number of hydrogen-bond acceptors (Lipinski definition) is 3. The summed E-state index contributed by atoms with van der Waals surface area (Å²) in [4.78, 5) is 0.290. The summed E-state index contributed by atoms with van der Waals surface area (Å²) >= 11 is 0. The van der Waals surface area contributed by atoms with E-state index in [1.807, 2.05) is 13.8 Å². The van der Waals surface area contributed by atoms with Crippen LogP contribution in [0, 0.1) is 19.8 Å². The fourth-order valence-corrected chi connectivity index (χ4v) is 5.81. The maximum Gasteiger partial charge on any atom is 0.245 e. The molecule has 21 heavy (non-hydrogen) atoms. The van der Waals surface area contributed by atoms with E-state index in [1.165, 1.54) is 12.8 Å². The van der Waals surface area contributed by atoms with E-state index in [9.17, 15) is 8.42 Å². The Morgan fingerprint density at radius 2 is 1.76 bits per heavy atom. The minimum Gasteiger partial charge on any atom is -0.398 e. The Morgan fingerprint density at radius 1 is 1.10 bits per heavy atom. The zero-order chi connectivity index (χ0) is 15.2. The zero-order valence-corrected chi connectivity index (χ0v) is 13.6. The molecule has 1 aliphatic carbocycles. The van der Waals surface area contributed by atoms with E-state index in [2.05, 4.69) is 0 Å². The Hall–Kier alpha value is -1.07. The summed E-state index contributed by atoms with van der Waals surface area (Å²) < 4.78 is 27.9. The average Bonchev–Trinajstić information content (AvgIpc) is 2.90. The molecule has 0 spiro atoms. The molecule has 4 nitrogen and oxygen atoms in total. The fraction of sp³-hybridized carbons (Fsp3) is 0.625. The molecular formula is C16H24N2O2S. The summed E-state index contributed by atoms with van der Waals surface area (Å²) in [6.45, 7) is 4.52. The van der Waals surface area contributed by atoms with Gasteiger partial charge in [-0.1, -0.05) is 6.42 Å². The molecule has 1 aliphatic heterocycles. The number of anilines is 1. The van der Waals surface area contributed by atoms with Crippen molar-refractivity contribution in [3.8, 4) is 0 Å². The highest BCUT2D eigenvalue weighted by Crippen LogP contribution is 2.40. The van der Waals surface area contributed by atoms with Crippen LogP contribution in [-0.2, 0) is 10.0 Å². The molecule has 1 saturated heterocycles. The van der Waals surface area contributed by atoms with E-state index >= 15 is 0 Å². The fourth-order valence-electron chi connectivity index (χ4n) is 3.87. The first-order valence-electron chi connectivity index (χ1n) is 7.80. The Balaban J connectivity index is 2.02. The number of benzene rings is 1. The lowest BCUT2D eigenvalue weighted by molar-refractivity contribution is 0.202. The molecular weight excluding hydrogens is 284 g/mol. The summed E-state index contributed by atoms with van der Waals surface area (Å²) in [6, 6.07) is 3.70. The molecule has 1 aromatic rings. The number of aryl methyl sites for hydroxylation is 2. The van der Waals surface area contributed by atoms with Gasteiger partial charge in [0.15, 0.2) is 0 Å². The molecule has 3 rings (SSSR count). The number of nitrogens with zero attached hydrogens (tertiary/aromatic N) is 1. The van der Waals surface area contributed by atoms with Crippen LogP contribution in [-0.4, -0.2) is 25.3 Å². The van der Waals surface area contributed by atoms with Gasteiger partial charge in [0.05, 0.1) is 5.69 Å². The lowest BCUT2D eigenvalue weighted by Gasteiger charge is -2.37. The van der Waals surface area contributed by atoms with E-state index < -0.39 is 10.0 Å². The first-order chi connectivity index (χ1) is 9.91. The largest absolute Gasteiger partial charge is 0.398 e. The predicted molar refractivity (Wildman–Crippen MR) is 84.6 cm³/mol. The third-order valence-corrected chi connectivity index (χ3v) is 7.14. The maximum absolute atomic E-state index is 13.1. The van der Waals surface area contributed by atoms with E-state index in [-0.39, 0.29) is 10.9 Å². The van der Waals surface area contributed by atoms with E-state index in [1.54, 1.807) is 16.4 Å². The standard InChI is InChI=1S/C16H24N2O2S/c1-11-9-14(17)16(10-12(11)2)21(19,20)18-8-4-6-13-5-3-7-15(13)18/h9-10,13,15H,3-8,17H2,1-2H3. The van der Waals surface area contributed by atoms with Gasteiger partial charge in [-0.25, -0.2) is 8.42 Å². The minimum absolute atomic E-state index is 0.185. The van der Waals surface area contributed by atoms with Gasteiger partial charge in [-0.15, -0.1) is 0 Å². The molecule has 0 aromatic heterocycles. The van der Waals surface area contributed by atoms with Crippen LogP contribution < -0.4 is 5.73 Å². The van der Waals surface area contributed by atoms with Gasteiger partial charge in [0.25, 0.3) is 0 Å². The van der Waals surface area contributed by atoms with Crippen LogP contribution in [0.5, 0.6) is 0 Å². The summed E-state index contributed by atoms with van der Waals surface area (Å²) in [6.07, 6.45) is 5.43. The van der Waals surface area contributed by atoms with Crippen molar-refractivity contribution in [3.63, 3.8) is 0 Å². The average molecular weight is 308 g/mol. The van der Waals surface area contributed by atoms with Crippen LogP contribution in [0.2, 0.25) is 0 Å². The molecule has 2 fully saturated rings. The first-order valence-corrected chi connectivity index (χ1v) is 9.24. The van der Waals surface area contributed by atoms with Crippen LogP contribution in [0.4, 0.5) is 5.69 Å². The molecule has 0 amide bonds. The van der Waals surface area contributed by atoms with Crippen molar-refractivity contribution in [2.45, 2.75) is 56.9 Å². The highest BCUT2D eigenvalue weighted by Gasteiger charge is 2.41. The highest BCUT2D eigenvalue weighted by molar-refractivity contribution is 7.89. The number of piperidine rings is 1. The smallest absolute Gasteiger partial charge is 0.245 e. The number of nitrogen functional groups attached to an aromatic ring is 1.